The van der Waals surface area contributed by atoms with Crippen LogP contribution in [0.4, 0.5) is 0 Å². The molecule has 0 fully saturated rings. The lowest BCUT2D eigenvalue weighted by atomic mass is 10.0. The Kier molecular flexibility index (Phi) is 6.72. The first-order valence-electron chi connectivity index (χ1n) is 6.79. The number of ether oxygens (including phenoxy) is 1. The maximum absolute atomic E-state index is 11.1. The molecule has 1 heterocycles. The van der Waals surface area contributed by atoms with Crippen molar-refractivity contribution in [2.24, 2.45) is 16.5 Å². The third-order valence-corrected chi connectivity index (χ3v) is 3.38. The summed E-state index contributed by atoms with van der Waals surface area (Å²) in [5.74, 6) is 0.468. The van der Waals surface area contributed by atoms with Crippen LogP contribution in [0.25, 0.3) is 0 Å². The fraction of sp³-hybridized carbons (Fsp3) is 0.846. The Balaban J connectivity index is 2.17. The van der Waals surface area contributed by atoms with Gasteiger partial charge in [-0.3, -0.25) is 9.79 Å². The van der Waals surface area contributed by atoms with Gasteiger partial charge in [0.15, 0.2) is 0 Å². The van der Waals surface area contributed by atoms with Gasteiger partial charge in [-0.15, -0.1) is 0 Å². The van der Waals surface area contributed by atoms with E-state index in [4.69, 9.17) is 11.5 Å². The second-order valence-electron chi connectivity index (χ2n) is 4.93. The zero-order chi connectivity index (χ0) is 13.4. The fourth-order valence-corrected chi connectivity index (χ4v) is 2.27. The molecule has 1 aliphatic heterocycles. The molecule has 104 valence electrons. The number of amidine groups is 1. The molecule has 2 atom stereocenters. The Labute approximate surface area is 109 Å². The molecule has 0 aromatic heterocycles. The highest BCUT2D eigenvalue weighted by molar-refractivity contribution is 5.80. The average molecular weight is 255 g/mol. The van der Waals surface area contributed by atoms with Crippen molar-refractivity contribution in [3.8, 4) is 0 Å². The third kappa shape index (κ3) is 5.49. The van der Waals surface area contributed by atoms with Crippen LogP contribution in [-0.4, -0.2) is 31.0 Å². The number of carbonyl (C=O) groups excluding carboxylic acids is 1. The number of hydrogen-bond donors (Lipinski definition) is 2. The minimum Gasteiger partial charge on any atom is -0.468 e. The highest BCUT2D eigenvalue weighted by atomic mass is 16.5. The Morgan fingerprint density at radius 3 is 3.00 bits per heavy atom. The maximum Gasteiger partial charge on any atom is 0.322 e. The van der Waals surface area contributed by atoms with Crippen molar-refractivity contribution in [3.63, 3.8) is 0 Å². The highest BCUT2D eigenvalue weighted by Gasteiger charge is 2.14. The summed E-state index contributed by atoms with van der Waals surface area (Å²) < 4.78 is 4.59. The van der Waals surface area contributed by atoms with Crippen LogP contribution in [0.5, 0.6) is 0 Å². The van der Waals surface area contributed by atoms with E-state index < -0.39 is 6.04 Å². The van der Waals surface area contributed by atoms with Crippen LogP contribution in [0.15, 0.2) is 4.99 Å². The summed E-state index contributed by atoms with van der Waals surface area (Å²) in [7, 11) is 1.37. The summed E-state index contributed by atoms with van der Waals surface area (Å²) in [6.07, 6.45) is 8.10. The van der Waals surface area contributed by atoms with Gasteiger partial charge in [0.2, 0.25) is 0 Å². The van der Waals surface area contributed by atoms with Crippen molar-refractivity contribution < 1.29 is 9.53 Å². The van der Waals surface area contributed by atoms with Crippen molar-refractivity contribution in [2.45, 2.75) is 63.5 Å². The zero-order valence-electron chi connectivity index (χ0n) is 11.2. The van der Waals surface area contributed by atoms with Gasteiger partial charge in [0.1, 0.15) is 6.04 Å². The van der Waals surface area contributed by atoms with Gasteiger partial charge in [-0.25, -0.2) is 0 Å². The molecule has 18 heavy (non-hydrogen) atoms. The zero-order valence-corrected chi connectivity index (χ0v) is 11.2. The van der Waals surface area contributed by atoms with Gasteiger partial charge in [0.05, 0.1) is 19.0 Å². The number of nitrogens with zero attached hydrogens (tertiary/aromatic N) is 1. The standard InChI is InChI=1S/C13H25N3O2/c1-18-13(17)11(14)8-4-2-6-10-7-3-5-9-12(15)16-10/h10-11H,2-9,14H2,1H3,(H2,15,16)/t10-,11+/m1/s1. The van der Waals surface area contributed by atoms with Crippen LogP contribution in [0.2, 0.25) is 0 Å². The maximum atomic E-state index is 11.1. The number of rotatable bonds is 6. The predicted molar refractivity (Wildman–Crippen MR) is 72.3 cm³/mol. The molecule has 0 saturated heterocycles. The summed E-state index contributed by atoms with van der Waals surface area (Å²) in [5, 5.41) is 0. The van der Waals surface area contributed by atoms with Crippen LogP contribution in [-0.2, 0) is 9.53 Å². The molecule has 0 aromatic rings. The van der Waals surface area contributed by atoms with E-state index in [1.54, 1.807) is 0 Å². The molecular weight excluding hydrogens is 230 g/mol. The van der Waals surface area contributed by atoms with E-state index in [0.29, 0.717) is 12.5 Å². The molecule has 0 saturated carbocycles. The minimum atomic E-state index is -0.488. The summed E-state index contributed by atoms with van der Waals surface area (Å²) in [6, 6.07) is -0.125. The molecule has 1 rings (SSSR count). The van der Waals surface area contributed by atoms with Crippen LogP contribution < -0.4 is 11.5 Å². The van der Waals surface area contributed by atoms with E-state index in [0.717, 1.165) is 44.4 Å². The van der Waals surface area contributed by atoms with Crippen LogP contribution >= 0.6 is 0 Å². The van der Waals surface area contributed by atoms with Crippen molar-refractivity contribution in [3.05, 3.63) is 0 Å². The Morgan fingerprint density at radius 1 is 1.50 bits per heavy atom. The van der Waals surface area contributed by atoms with Crippen molar-refractivity contribution in [1.29, 1.82) is 0 Å². The molecular formula is C13H25N3O2. The summed E-state index contributed by atoms with van der Waals surface area (Å²) >= 11 is 0. The first kappa shape index (κ1) is 15.0. The van der Waals surface area contributed by atoms with Gasteiger partial charge in [0.25, 0.3) is 0 Å². The van der Waals surface area contributed by atoms with E-state index in [2.05, 4.69) is 9.73 Å². The van der Waals surface area contributed by atoms with E-state index in [1.807, 2.05) is 0 Å². The lowest BCUT2D eigenvalue weighted by Crippen LogP contribution is -2.31. The van der Waals surface area contributed by atoms with Crippen LogP contribution in [0.1, 0.15) is 51.4 Å². The number of methoxy groups -OCH3 is 1. The highest BCUT2D eigenvalue weighted by Crippen LogP contribution is 2.17. The van der Waals surface area contributed by atoms with Crippen LogP contribution in [0, 0.1) is 0 Å². The van der Waals surface area contributed by atoms with Gasteiger partial charge in [-0.1, -0.05) is 19.3 Å². The molecule has 4 N–H and O–H groups in total. The van der Waals surface area contributed by atoms with Crippen LogP contribution in [0.3, 0.4) is 0 Å². The van der Waals surface area contributed by atoms with Gasteiger partial charge in [0, 0.05) is 6.42 Å². The molecule has 5 heteroatoms. The van der Waals surface area contributed by atoms with E-state index in [1.165, 1.54) is 13.5 Å². The Morgan fingerprint density at radius 2 is 2.28 bits per heavy atom. The number of aliphatic imine (C=N–C) groups is 1. The van der Waals surface area contributed by atoms with Gasteiger partial charge in [-0.2, -0.15) is 0 Å². The first-order valence-corrected chi connectivity index (χ1v) is 6.79. The molecule has 0 radical (unpaired) electrons. The largest absolute Gasteiger partial charge is 0.468 e. The lowest BCUT2D eigenvalue weighted by molar-refractivity contribution is -0.142. The minimum absolute atomic E-state index is 0.327. The quantitative estimate of drug-likeness (QED) is 0.553. The van der Waals surface area contributed by atoms with Crippen molar-refractivity contribution in [2.75, 3.05) is 7.11 Å². The third-order valence-electron chi connectivity index (χ3n) is 3.38. The summed E-state index contributed by atoms with van der Waals surface area (Å²) in [6.45, 7) is 0. The number of hydrogen-bond acceptors (Lipinski definition) is 5. The normalized spacial score (nSPS) is 21.9. The summed E-state index contributed by atoms with van der Waals surface area (Å²) in [4.78, 5) is 15.6. The smallest absolute Gasteiger partial charge is 0.322 e. The van der Waals surface area contributed by atoms with Gasteiger partial charge >= 0.3 is 5.97 Å². The van der Waals surface area contributed by atoms with E-state index in [9.17, 15) is 4.79 Å². The second kappa shape index (κ2) is 8.08. The molecule has 0 unspecified atom stereocenters. The fourth-order valence-electron chi connectivity index (χ4n) is 2.27. The topological polar surface area (TPSA) is 90.7 Å². The average Bonchev–Trinajstić information content (AvgIpc) is 2.57. The Bertz CT molecular complexity index is 292. The van der Waals surface area contributed by atoms with Gasteiger partial charge in [-0.05, 0) is 25.7 Å². The SMILES string of the molecule is COC(=O)[C@@H](N)CCCC[C@@H]1CCCCC(N)=N1. The van der Waals surface area contributed by atoms with E-state index >= 15 is 0 Å². The number of nitrogens with two attached hydrogens (primary N) is 2. The molecule has 0 spiro atoms. The van der Waals surface area contributed by atoms with Gasteiger partial charge < -0.3 is 16.2 Å². The van der Waals surface area contributed by atoms with E-state index in [-0.39, 0.29) is 5.97 Å². The predicted octanol–water partition coefficient (Wildman–Crippen LogP) is 1.35. The first-order chi connectivity index (χ1) is 8.63. The van der Waals surface area contributed by atoms with Crippen molar-refractivity contribution in [1.82, 2.24) is 0 Å². The second-order valence-corrected chi connectivity index (χ2v) is 4.93. The number of unbranched alkanes of at least 4 members (excludes halogenated alkanes) is 1. The molecule has 0 aromatic carbocycles. The lowest BCUT2D eigenvalue weighted by Gasteiger charge is -2.12. The molecule has 1 aliphatic rings. The molecule has 5 nitrogen and oxygen atoms in total. The molecule has 0 bridgehead atoms. The molecule has 0 amide bonds. The Hall–Kier alpha value is -1.10. The number of carbonyl (C=O) groups is 1. The number of esters is 1. The van der Waals surface area contributed by atoms with Crippen molar-refractivity contribution >= 4 is 11.8 Å². The monoisotopic (exact) mass is 255 g/mol. The summed E-state index contributed by atoms with van der Waals surface area (Å²) in [5.41, 5.74) is 11.5. The molecule has 0 aliphatic carbocycles.